The molecule has 34 heavy (non-hydrogen) atoms. The van der Waals surface area contributed by atoms with E-state index in [0.29, 0.717) is 22.3 Å². The Bertz CT molecular complexity index is 1070. The Hall–Kier alpha value is -4.52. The molecule has 0 spiro atoms. The van der Waals surface area contributed by atoms with Gasteiger partial charge in [-0.15, -0.1) is 0 Å². The monoisotopic (exact) mass is 457 g/mol. The molecule has 0 aromatic heterocycles. The molecule has 0 atom stereocenters. The first kappa shape index (κ1) is 22.7. The second kappa shape index (κ2) is 9.54. The zero-order valence-electron chi connectivity index (χ0n) is 18.0. The van der Waals surface area contributed by atoms with E-state index in [1.807, 2.05) is 0 Å². The van der Waals surface area contributed by atoms with Gasteiger partial charge in [0.05, 0.1) is 11.8 Å². The number of aromatic hydroxyl groups is 4. The standard InChI is InChI=1S/C27H23NO6/c29-21-9-1-17(2-10-21)25(18-3-11-22(30)12-4-18)27(28(33)34)26(19-5-13-23(31)14-6-19)20-7-15-24(32)16-8-20/h1-16,25-27,29-32H. The Morgan fingerprint density at radius 1 is 0.471 bits per heavy atom. The van der Waals surface area contributed by atoms with Gasteiger partial charge >= 0.3 is 0 Å². The van der Waals surface area contributed by atoms with Crippen molar-refractivity contribution in [3.8, 4) is 23.0 Å². The number of rotatable bonds is 7. The van der Waals surface area contributed by atoms with Crippen molar-refractivity contribution >= 4 is 0 Å². The molecule has 172 valence electrons. The van der Waals surface area contributed by atoms with Crippen LogP contribution in [0.25, 0.3) is 0 Å². The number of hydrogen-bond donors (Lipinski definition) is 4. The van der Waals surface area contributed by atoms with Crippen molar-refractivity contribution in [2.45, 2.75) is 17.9 Å². The summed E-state index contributed by atoms with van der Waals surface area (Å²) in [5.74, 6) is -1.33. The minimum absolute atomic E-state index is 0.0412. The van der Waals surface area contributed by atoms with Crippen molar-refractivity contribution < 1.29 is 25.3 Å². The van der Waals surface area contributed by atoms with Gasteiger partial charge in [-0.2, -0.15) is 0 Å². The quantitative estimate of drug-likeness (QED) is 0.226. The van der Waals surface area contributed by atoms with E-state index in [-0.39, 0.29) is 27.9 Å². The molecule has 0 saturated heterocycles. The van der Waals surface area contributed by atoms with Gasteiger partial charge in [-0.3, -0.25) is 10.1 Å². The summed E-state index contributed by atoms with van der Waals surface area (Å²) in [6.07, 6.45) is 0. The number of nitrogens with zero attached hydrogens (tertiary/aromatic N) is 1. The van der Waals surface area contributed by atoms with Crippen LogP contribution in [0.5, 0.6) is 23.0 Å². The molecule has 0 radical (unpaired) electrons. The Morgan fingerprint density at radius 2 is 0.676 bits per heavy atom. The van der Waals surface area contributed by atoms with E-state index < -0.39 is 17.9 Å². The smallest absolute Gasteiger partial charge is 0.234 e. The highest BCUT2D eigenvalue weighted by molar-refractivity contribution is 5.44. The number of phenolic OH excluding ortho intramolecular Hbond substituents is 4. The van der Waals surface area contributed by atoms with Crippen LogP contribution in [0.1, 0.15) is 34.1 Å². The maximum atomic E-state index is 12.8. The molecule has 0 aliphatic heterocycles. The average Bonchev–Trinajstić information content (AvgIpc) is 2.82. The summed E-state index contributed by atoms with van der Waals surface area (Å²) in [4.78, 5) is 12.4. The second-order valence-corrected chi connectivity index (χ2v) is 8.10. The third-order valence-electron chi connectivity index (χ3n) is 5.94. The van der Waals surface area contributed by atoms with E-state index in [1.165, 1.54) is 48.5 Å². The normalized spacial score (nSPS) is 11.3. The molecule has 4 aromatic rings. The van der Waals surface area contributed by atoms with Crippen molar-refractivity contribution in [3.63, 3.8) is 0 Å². The lowest BCUT2D eigenvalue weighted by Crippen LogP contribution is -2.35. The Labute approximate surface area is 196 Å². The molecule has 0 heterocycles. The van der Waals surface area contributed by atoms with E-state index in [1.54, 1.807) is 48.5 Å². The van der Waals surface area contributed by atoms with Gasteiger partial charge in [0.2, 0.25) is 6.04 Å². The first-order valence-corrected chi connectivity index (χ1v) is 10.6. The minimum Gasteiger partial charge on any atom is -0.508 e. The van der Waals surface area contributed by atoms with E-state index in [4.69, 9.17) is 0 Å². The predicted octanol–water partition coefficient (Wildman–Crippen LogP) is 5.12. The molecule has 4 aromatic carbocycles. The lowest BCUT2D eigenvalue weighted by Gasteiger charge is -2.29. The first-order chi connectivity index (χ1) is 16.3. The number of nitro groups is 1. The topological polar surface area (TPSA) is 124 Å². The van der Waals surface area contributed by atoms with Crippen molar-refractivity contribution in [2.24, 2.45) is 0 Å². The van der Waals surface area contributed by atoms with Gasteiger partial charge in [-0.25, -0.2) is 0 Å². The second-order valence-electron chi connectivity index (χ2n) is 8.10. The Balaban J connectivity index is 1.95. The number of hydrogen-bond acceptors (Lipinski definition) is 6. The van der Waals surface area contributed by atoms with Crippen LogP contribution in [0, 0.1) is 10.1 Å². The van der Waals surface area contributed by atoms with Crippen molar-refractivity contribution in [1.29, 1.82) is 0 Å². The Kier molecular flexibility index (Phi) is 6.36. The lowest BCUT2D eigenvalue weighted by molar-refractivity contribution is -0.527. The largest absolute Gasteiger partial charge is 0.508 e. The molecule has 0 unspecified atom stereocenters. The van der Waals surface area contributed by atoms with E-state index in [0.717, 1.165) is 0 Å². The van der Waals surface area contributed by atoms with Crippen LogP contribution in [-0.2, 0) is 0 Å². The molecule has 0 aliphatic carbocycles. The fourth-order valence-corrected chi connectivity index (χ4v) is 4.34. The van der Waals surface area contributed by atoms with Crippen LogP contribution in [-0.4, -0.2) is 31.4 Å². The van der Waals surface area contributed by atoms with Crippen LogP contribution >= 0.6 is 0 Å². The summed E-state index contributed by atoms with van der Waals surface area (Å²) < 4.78 is 0. The van der Waals surface area contributed by atoms with Gasteiger partial charge in [0.25, 0.3) is 0 Å². The lowest BCUT2D eigenvalue weighted by atomic mass is 9.74. The van der Waals surface area contributed by atoms with Crippen LogP contribution in [0.3, 0.4) is 0 Å². The maximum Gasteiger partial charge on any atom is 0.234 e. The molecular formula is C27H23NO6. The third-order valence-corrected chi connectivity index (χ3v) is 5.94. The average molecular weight is 457 g/mol. The van der Waals surface area contributed by atoms with Gasteiger partial charge in [0.1, 0.15) is 23.0 Å². The molecule has 0 amide bonds. The van der Waals surface area contributed by atoms with Gasteiger partial charge in [-0.05, 0) is 70.8 Å². The summed E-state index contributed by atoms with van der Waals surface area (Å²) in [5.41, 5.74) is 2.47. The first-order valence-electron chi connectivity index (χ1n) is 10.6. The van der Waals surface area contributed by atoms with Crippen LogP contribution < -0.4 is 0 Å². The summed E-state index contributed by atoms with van der Waals surface area (Å²) >= 11 is 0. The molecule has 0 aliphatic rings. The molecule has 7 heteroatoms. The number of benzene rings is 4. The SMILES string of the molecule is O=[N+]([O-])C(C(c1ccc(O)cc1)c1ccc(O)cc1)C(c1ccc(O)cc1)c1ccc(O)cc1. The summed E-state index contributed by atoms with van der Waals surface area (Å²) in [6.45, 7) is 0. The highest BCUT2D eigenvalue weighted by Crippen LogP contribution is 2.42. The van der Waals surface area contributed by atoms with E-state index in [9.17, 15) is 30.5 Å². The number of phenols is 4. The van der Waals surface area contributed by atoms with E-state index in [2.05, 4.69) is 0 Å². The zero-order chi connectivity index (χ0) is 24.2. The van der Waals surface area contributed by atoms with Gasteiger partial charge in [-0.1, -0.05) is 48.5 Å². The maximum absolute atomic E-state index is 12.8. The Morgan fingerprint density at radius 3 is 0.853 bits per heavy atom. The summed E-state index contributed by atoms with van der Waals surface area (Å²) in [7, 11) is 0. The zero-order valence-corrected chi connectivity index (χ0v) is 18.0. The minimum atomic E-state index is -1.21. The highest BCUT2D eigenvalue weighted by atomic mass is 16.6. The van der Waals surface area contributed by atoms with Gasteiger partial charge < -0.3 is 20.4 Å². The van der Waals surface area contributed by atoms with Crippen molar-refractivity contribution in [2.75, 3.05) is 0 Å². The molecule has 0 saturated carbocycles. The summed E-state index contributed by atoms with van der Waals surface area (Å²) in [6, 6.07) is 23.8. The molecule has 0 bridgehead atoms. The molecule has 0 fully saturated rings. The molecule has 7 nitrogen and oxygen atoms in total. The fraction of sp³-hybridized carbons (Fsp3) is 0.111. The van der Waals surface area contributed by atoms with Crippen molar-refractivity contribution in [1.82, 2.24) is 0 Å². The van der Waals surface area contributed by atoms with Crippen LogP contribution in [0.4, 0.5) is 0 Å². The molecule has 4 rings (SSSR count). The van der Waals surface area contributed by atoms with Crippen LogP contribution in [0.2, 0.25) is 0 Å². The summed E-state index contributed by atoms with van der Waals surface area (Å²) in [5, 5.41) is 51.9. The van der Waals surface area contributed by atoms with E-state index >= 15 is 0 Å². The third kappa shape index (κ3) is 4.78. The predicted molar refractivity (Wildman–Crippen MR) is 127 cm³/mol. The van der Waals surface area contributed by atoms with Crippen LogP contribution in [0.15, 0.2) is 97.1 Å². The van der Waals surface area contributed by atoms with Gasteiger partial charge in [0.15, 0.2) is 0 Å². The van der Waals surface area contributed by atoms with Gasteiger partial charge in [0, 0.05) is 4.92 Å². The fourth-order valence-electron chi connectivity index (χ4n) is 4.34. The van der Waals surface area contributed by atoms with Crippen molar-refractivity contribution in [3.05, 3.63) is 129 Å². The molecule has 4 N–H and O–H groups in total. The molecular weight excluding hydrogens is 434 g/mol. The highest BCUT2D eigenvalue weighted by Gasteiger charge is 2.42.